The van der Waals surface area contributed by atoms with Gasteiger partial charge in [-0.05, 0) is 67.4 Å². The molecule has 166 valence electrons. The van der Waals surface area contributed by atoms with Crippen LogP contribution in [-0.2, 0) is 9.59 Å². The lowest BCUT2D eigenvalue weighted by atomic mass is 9.97. The first-order valence-electron chi connectivity index (χ1n) is 10.6. The van der Waals surface area contributed by atoms with E-state index >= 15 is 0 Å². The van der Waals surface area contributed by atoms with Crippen molar-refractivity contribution in [2.45, 2.75) is 19.9 Å². The van der Waals surface area contributed by atoms with Gasteiger partial charge in [0.2, 0.25) is 0 Å². The fourth-order valence-electron chi connectivity index (χ4n) is 4.35. The molecular weight excluding hydrogens is 420 g/mol. The molecule has 0 aliphatic carbocycles. The molecule has 1 fully saturated rings. The topological polar surface area (TPSA) is 89.0 Å². The van der Waals surface area contributed by atoms with Crippen molar-refractivity contribution in [3.05, 3.63) is 88.8 Å². The molecule has 3 aromatic rings. The molecule has 1 saturated heterocycles. The van der Waals surface area contributed by atoms with Gasteiger partial charge in [0.25, 0.3) is 11.7 Å². The third-order valence-electron chi connectivity index (χ3n) is 5.71. The molecular formula is C26H22N2O5. The second-order valence-electron chi connectivity index (χ2n) is 8.13. The largest absolute Gasteiger partial charge is 0.507 e. The highest BCUT2D eigenvalue weighted by Crippen LogP contribution is 2.43. The molecule has 1 atom stereocenters. The number of nitrogens with zero attached hydrogens (tertiary/aromatic N) is 2. The first-order valence-corrected chi connectivity index (χ1v) is 10.6. The van der Waals surface area contributed by atoms with E-state index in [9.17, 15) is 14.7 Å². The molecule has 2 aliphatic rings. The fraction of sp³-hybridized carbons (Fsp3) is 0.192. The highest BCUT2D eigenvalue weighted by Gasteiger charge is 2.47. The van der Waals surface area contributed by atoms with Crippen LogP contribution in [0.5, 0.6) is 11.5 Å². The number of hydrogen-bond donors (Lipinski definition) is 1. The molecule has 7 heteroatoms. The smallest absolute Gasteiger partial charge is 0.300 e. The zero-order chi connectivity index (χ0) is 23.1. The quantitative estimate of drug-likeness (QED) is 0.373. The van der Waals surface area contributed by atoms with E-state index < -0.39 is 17.7 Å². The first kappa shape index (κ1) is 20.8. The summed E-state index contributed by atoms with van der Waals surface area (Å²) in [6.07, 6.45) is 1.60. The number of pyridine rings is 1. The third-order valence-corrected chi connectivity index (χ3v) is 5.71. The van der Waals surface area contributed by atoms with Crippen LogP contribution in [0.25, 0.3) is 5.76 Å². The van der Waals surface area contributed by atoms with E-state index in [0.717, 1.165) is 11.1 Å². The minimum atomic E-state index is -0.874. The number of fused-ring (bicyclic) bond motifs is 1. The first-order chi connectivity index (χ1) is 15.9. The highest BCUT2D eigenvalue weighted by atomic mass is 16.6. The second-order valence-corrected chi connectivity index (χ2v) is 8.13. The van der Waals surface area contributed by atoms with Crippen LogP contribution >= 0.6 is 0 Å². The normalized spacial score (nSPS) is 19.1. The van der Waals surface area contributed by atoms with Gasteiger partial charge < -0.3 is 14.6 Å². The highest BCUT2D eigenvalue weighted by molar-refractivity contribution is 6.51. The lowest BCUT2D eigenvalue weighted by Crippen LogP contribution is -2.30. The number of anilines is 1. The second kappa shape index (κ2) is 8.09. The monoisotopic (exact) mass is 442 g/mol. The number of benzene rings is 2. The molecule has 5 rings (SSSR count). The van der Waals surface area contributed by atoms with E-state index in [1.165, 1.54) is 4.90 Å². The van der Waals surface area contributed by atoms with Crippen LogP contribution in [0.3, 0.4) is 0 Å². The van der Waals surface area contributed by atoms with Gasteiger partial charge in [0.1, 0.15) is 25.0 Å². The van der Waals surface area contributed by atoms with Gasteiger partial charge >= 0.3 is 0 Å². The summed E-state index contributed by atoms with van der Waals surface area (Å²) in [5, 5.41) is 11.3. The van der Waals surface area contributed by atoms with Gasteiger partial charge in [-0.2, -0.15) is 0 Å². The van der Waals surface area contributed by atoms with Crippen LogP contribution in [0.1, 0.15) is 28.4 Å². The number of aryl methyl sites for hydroxylation is 2. The number of amides is 1. The summed E-state index contributed by atoms with van der Waals surface area (Å²) < 4.78 is 11.2. The number of aliphatic hydroxyl groups is 1. The average molecular weight is 442 g/mol. The lowest BCUT2D eigenvalue weighted by Gasteiger charge is -2.25. The summed E-state index contributed by atoms with van der Waals surface area (Å²) in [4.78, 5) is 32.3. The summed E-state index contributed by atoms with van der Waals surface area (Å²) in [7, 11) is 0. The lowest BCUT2D eigenvalue weighted by molar-refractivity contribution is -0.132. The number of rotatable bonds is 3. The number of carbonyl (C=O) groups is 2. The Hall–Kier alpha value is -4.13. The maximum Gasteiger partial charge on any atom is 0.300 e. The molecule has 1 N–H and O–H groups in total. The molecule has 0 spiro atoms. The van der Waals surface area contributed by atoms with Crippen LogP contribution in [0, 0.1) is 13.8 Å². The maximum atomic E-state index is 13.3. The Kier molecular flexibility index (Phi) is 5.09. The Morgan fingerprint density at radius 1 is 0.970 bits per heavy atom. The molecule has 2 aromatic carbocycles. The number of ether oxygens (including phenoxy) is 2. The van der Waals surface area contributed by atoms with Crippen LogP contribution in [0.2, 0.25) is 0 Å². The van der Waals surface area contributed by atoms with Gasteiger partial charge in [-0.1, -0.05) is 12.1 Å². The minimum Gasteiger partial charge on any atom is -0.507 e. The Morgan fingerprint density at radius 3 is 2.39 bits per heavy atom. The molecule has 0 radical (unpaired) electrons. The van der Waals surface area contributed by atoms with Crippen LogP contribution in [-0.4, -0.2) is 35.0 Å². The van der Waals surface area contributed by atoms with Gasteiger partial charge in [-0.15, -0.1) is 0 Å². The van der Waals surface area contributed by atoms with Gasteiger partial charge in [0, 0.05) is 17.4 Å². The Labute approximate surface area is 190 Å². The molecule has 1 aromatic heterocycles. The number of aromatic nitrogens is 1. The van der Waals surface area contributed by atoms with Crippen molar-refractivity contribution in [1.29, 1.82) is 0 Å². The number of ketones is 1. The van der Waals surface area contributed by atoms with Gasteiger partial charge in [0.15, 0.2) is 11.5 Å². The van der Waals surface area contributed by atoms with E-state index in [-0.39, 0.29) is 11.3 Å². The zero-order valence-electron chi connectivity index (χ0n) is 18.2. The van der Waals surface area contributed by atoms with Gasteiger partial charge in [-0.3, -0.25) is 19.5 Å². The van der Waals surface area contributed by atoms with Gasteiger partial charge in [0.05, 0.1) is 11.3 Å². The number of carbonyl (C=O) groups excluding carboxylic acids is 2. The summed E-state index contributed by atoms with van der Waals surface area (Å²) in [5.74, 6) is -0.724. The number of aliphatic hydroxyl groups excluding tert-OH is 1. The SMILES string of the molecule is Cc1cc(C)cc(N2C(=O)C(=O)/C(=C(\O)c3ccc4c(c3)OCCO4)C2c2ccccn2)c1. The van der Waals surface area contributed by atoms with E-state index in [2.05, 4.69) is 4.98 Å². The van der Waals surface area contributed by atoms with E-state index in [1.807, 2.05) is 32.0 Å². The minimum absolute atomic E-state index is 0.0189. The van der Waals surface area contributed by atoms with E-state index in [1.54, 1.807) is 42.6 Å². The third kappa shape index (κ3) is 3.61. The molecule has 33 heavy (non-hydrogen) atoms. The summed E-state index contributed by atoms with van der Waals surface area (Å²) >= 11 is 0. The molecule has 1 unspecified atom stereocenters. The van der Waals surface area contributed by atoms with Crippen molar-refractivity contribution in [3.8, 4) is 11.5 Å². The van der Waals surface area contributed by atoms with Crippen molar-refractivity contribution in [3.63, 3.8) is 0 Å². The standard InChI is InChI=1S/C26H22N2O5/c1-15-11-16(2)13-18(12-15)28-23(19-5-3-4-8-27-19)22(25(30)26(28)31)24(29)17-6-7-20-21(14-17)33-10-9-32-20/h3-8,11-14,23,29H,9-10H2,1-2H3/b24-22-. The summed E-state index contributed by atoms with van der Waals surface area (Å²) in [6, 6.07) is 15.0. The predicted molar refractivity (Wildman–Crippen MR) is 122 cm³/mol. The molecule has 1 amide bonds. The Bertz CT molecular complexity index is 1280. The summed E-state index contributed by atoms with van der Waals surface area (Å²) in [5.41, 5.74) is 3.31. The molecule has 0 saturated carbocycles. The molecule has 0 bridgehead atoms. The number of Topliss-reactive ketones (excluding diaryl/α,β-unsaturated/α-hetero) is 1. The Balaban J connectivity index is 1.70. The average Bonchev–Trinajstić information content (AvgIpc) is 3.08. The number of hydrogen-bond acceptors (Lipinski definition) is 6. The Morgan fingerprint density at radius 2 is 1.70 bits per heavy atom. The van der Waals surface area contributed by atoms with Crippen molar-refractivity contribution in [2.75, 3.05) is 18.1 Å². The fourth-order valence-corrected chi connectivity index (χ4v) is 4.35. The van der Waals surface area contributed by atoms with Gasteiger partial charge in [-0.25, -0.2) is 0 Å². The van der Waals surface area contributed by atoms with Crippen molar-refractivity contribution in [2.24, 2.45) is 0 Å². The van der Waals surface area contributed by atoms with Crippen LogP contribution in [0.15, 0.2) is 66.4 Å². The maximum absolute atomic E-state index is 13.3. The van der Waals surface area contributed by atoms with E-state index in [0.29, 0.717) is 41.7 Å². The zero-order valence-corrected chi connectivity index (χ0v) is 18.2. The molecule has 7 nitrogen and oxygen atoms in total. The molecule has 3 heterocycles. The molecule has 2 aliphatic heterocycles. The van der Waals surface area contributed by atoms with Crippen molar-refractivity contribution >= 4 is 23.1 Å². The van der Waals surface area contributed by atoms with E-state index in [4.69, 9.17) is 9.47 Å². The van der Waals surface area contributed by atoms with Crippen LogP contribution in [0.4, 0.5) is 5.69 Å². The van der Waals surface area contributed by atoms with Crippen molar-refractivity contribution < 1.29 is 24.2 Å². The van der Waals surface area contributed by atoms with Crippen molar-refractivity contribution in [1.82, 2.24) is 4.98 Å². The predicted octanol–water partition coefficient (Wildman–Crippen LogP) is 4.10. The van der Waals surface area contributed by atoms with Crippen LogP contribution < -0.4 is 14.4 Å². The summed E-state index contributed by atoms with van der Waals surface area (Å²) in [6.45, 7) is 4.69.